The molecule has 0 saturated carbocycles. The second kappa shape index (κ2) is 3.80. The fourth-order valence-electron chi connectivity index (χ4n) is 0.863. The molecule has 0 aliphatic rings. The van der Waals surface area contributed by atoms with Crippen molar-refractivity contribution in [2.45, 2.75) is 20.8 Å². The van der Waals surface area contributed by atoms with Crippen LogP contribution in [0.15, 0.2) is 18.6 Å². The fraction of sp³-hybridized carbons (Fsp3) is 0.375. The fourth-order valence-corrected chi connectivity index (χ4v) is 0.863. The van der Waals surface area contributed by atoms with Crippen molar-refractivity contribution in [1.29, 1.82) is 0 Å². The van der Waals surface area contributed by atoms with Gasteiger partial charge in [-0.3, -0.25) is 0 Å². The van der Waals surface area contributed by atoms with Crippen LogP contribution in [0.1, 0.15) is 19.7 Å². The Labute approximate surface area is 71.3 Å². The molecule has 0 aliphatic heterocycles. The van der Waals surface area contributed by atoms with Gasteiger partial charge in [-0.15, -0.1) is 0 Å². The summed E-state index contributed by atoms with van der Waals surface area (Å²) in [5.74, 6) is 0.864. The molecule has 0 fully saturated rings. The molecular formula is C8H12N4. The third-order valence-corrected chi connectivity index (χ3v) is 1.35. The Balaban J connectivity index is 0.000000336. The zero-order valence-corrected chi connectivity index (χ0v) is 7.52. The minimum Gasteiger partial charge on any atom is -0.238 e. The summed E-state index contributed by atoms with van der Waals surface area (Å²) in [4.78, 5) is 8.07. The summed E-state index contributed by atoms with van der Waals surface area (Å²) in [6, 6.07) is 0. The Hall–Kier alpha value is -1.45. The van der Waals surface area contributed by atoms with E-state index in [1.807, 2.05) is 20.8 Å². The van der Waals surface area contributed by atoms with E-state index in [1.54, 1.807) is 23.1 Å². The highest BCUT2D eigenvalue weighted by Gasteiger charge is 1.96. The predicted molar refractivity (Wildman–Crippen MR) is 46.9 cm³/mol. The maximum atomic E-state index is 4.04. The number of hydrogen-bond donors (Lipinski definition) is 0. The Morgan fingerprint density at radius 2 is 1.92 bits per heavy atom. The highest BCUT2D eigenvalue weighted by atomic mass is 15.3. The Morgan fingerprint density at radius 3 is 2.58 bits per heavy atom. The minimum atomic E-state index is 0.792. The molecule has 4 heteroatoms. The molecular weight excluding hydrogens is 152 g/mol. The van der Waals surface area contributed by atoms with E-state index in [0.29, 0.717) is 0 Å². The van der Waals surface area contributed by atoms with Gasteiger partial charge in [0.15, 0.2) is 5.65 Å². The first kappa shape index (κ1) is 8.64. The Morgan fingerprint density at radius 1 is 1.17 bits per heavy atom. The van der Waals surface area contributed by atoms with Gasteiger partial charge in [0.2, 0.25) is 0 Å². The lowest BCUT2D eigenvalue weighted by Gasteiger charge is -1.89. The van der Waals surface area contributed by atoms with Crippen LogP contribution in [0.4, 0.5) is 0 Å². The van der Waals surface area contributed by atoms with Gasteiger partial charge < -0.3 is 0 Å². The van der Waals surface area contributed by atoms with Gasteiger partial charge in [-0.25, -0.2) is 9.97 Å². The summed E-state index contributed by atoms with van der Waals surface area (Å²) in [6.07, 6.45) is 4.99. The van der Waals surface area contributed by atoms with E-state index in [0.717, 1.165) is 11.5 Å². The van der Waals surface area contributed by atoms with Crippen molar-refractivity contribution in [1.82, 2.24) is 19.6 Å². The molecule has 0 unspecified atom stereocenters. The van der Waals surface area contributed by atoms with Gasteiger partial charge in [-0.2, -0.15) is 9.61 Å². The van der Waals surface area contributed by atoms with Crippen molar-refractivity contribution < 1.29 is 0 Å². The first-order chi connectivity index (χ1) is 5.88. The van der Waals surface area contributed by atoms with Crippen LogP contribution in [-0.2, 0) is 0 Å². The van der Waals surface area contributed by atoms with E-state index < -0.39 is 0 Å². The number of imidazole rings is 1. The topological polar surface area (TPSA) is 43.1 Å². The molecule has 2 heterocycles. The highest BCUT2D eigenvalue weighted by Crippen LogP contribution is 1.97. The molecule has 0 N–H and O–H groups in total. The van der Waals surface area contributed by atoms with Crippen molar-refractivity contribution in [2.75, 3.05) is 0 Å². The molecule has 12 heavy (non-hydrogen) atoms. The number of nitrogens with zero attached hydrogens (tertiary/aromatic N) is 4. The van der Waals surface area contributed by atoms with Gasteiger partial charge in [0, 0.05) is 6.20 Å². The Kier molecular flexibility index (Phi) is 2.74. The molecule has 2 aromatic heterocycles. The van der Waals surface area contributed by atoms with Crippen molar-refractivity contribution >= 4 is 5.65 Å². The summed E-state index contributed by atoms with van der Waals surface area (Å²) >= 11 is 0. The first-order valence-corrected chi connectivity index (χ1v) is 3.99. The van der Waals surface area contributed by atoms with Crippen molar-refractivity contribution in [3.05, 3.63) is 24.4 Å². The molecule has 64 valence electrons. The average molecular weight is 164 g/mol. The molecule has 2 aromatic rings. The predicted octanol–water partition coefficient (Wildman–Crippen LogP) is 1.46. The quantitative estimate of drug-likeness (QED) is 0.592. The van der Waals surface area contributed by atoms with E-state index in [2.05, 4.69) is 15.1 Å². The molecule has 0 aromatic carbocycles. The molecule has 0 spiro atoms. The third-order valence-electron chi connectivity index (χ3n) is 1.35. The molecule has 0 bridgehead atoms. The zero-order valence-electron chi connectivity index (χ0n) is 7.52. The van der Waals surface area contributed by atoms with E-state index in [1.165, 1.54) is 0 Å². The van der Waals surface area contributed by atoms with Crippen molar-refractivity contribution in [3.8, 4) is 0 Å². The number of aryl methyl sites for hydroxylation is 1. The van der Waals surface area contributed by atoms with Gasteiger partial charge in [-0.05, 0) is 6.92 Å². The smallest absolute Gasteiger partial charge is 0.173 e. The summed E-state index contributed by atoms with van der Waals surface area (Å²) in [6.45, 7) is 5.89. The van der Waals surface area contributed by atoms with Crippen LogP contribution in [0.25, 0.3) is 5.65 Å². The van der Waals surface area contributed by atoms with Crippen LogP contribution >= 0.6 is 0 Å². The SMILES string of the molecule is CC.Cc1ncc2nccnn12. The second-order valence-corrected chi connectivity index (χ2v) is 2.02. The molecule has 0 radical (unpaired) electrons. The van der Waals surface area contributed by atoms with E-state index in [4.69, 9.17) is 0 Å². The number of rotatable bonds is 0. The van der Waals surface area contributed by atoms with Crippen LogP contribution in [0, 0.1) is 6.92 Å². The van der Waals surface area contributed by atoms with E-state index in [-0.39, 0.29) is 0 Å². The van der Waals surface area contributed by atoms with Crippen LogP contribution in [0.3, 0.4) is 0 Å². The molecule has 0 amide bonds. The van der Waals surface area contributed by atoms with Crippen LogP contribution in [0.2, 0.25) is 0 Å². The summed E-state index contributed by atoms with van der Waals surface area (Å²) < 4.78 is 1.69. The van der Waals surface area contributed by atoms with E-state index in [9.17, 15) is 0 Å². The average Bonchev–Trinajstić information content (AvgIpc) is 2.53. The molecule has 2 rings (SSSR count). The number of hydrogen-bond acceptors (Lipinski definition) is 3. The normalized spacial score (nSPS) is 9.25. The van der Waals surface area contributed by atoms with Crippen molar-refractivity contribution in [3.63, 3.8) is 0 Å². The number of aromatic nitrogens is 4. The molecule has 0 aliphatic carbocycles. The highest BCUT2D eigenvalue weighted by molar-refractivity contribution is 5.33. The van der Waals surface area contributed by atoms with Crippen LogP contribution in [-0.4, -0.2) is 19.6 Å². The van der Waals surface area contributed by atoms with Gasteiger partial charge in [0.1, 0.15) is 5.82 Å². The second-order valence-electron chi connectivity index (χ2n) is 2.02. The molecule has 0 atom stereocenters. The zero-order chi connectivity index (χ0) is 8.97. The van der Waals surface area contributed by atoms with Gasteiger partial charge >= 0.3 is 0 Å². The number of fused-ring (bicyclic) bond motifs is 1. The summed E-state index contributed by atoms with van der Waals surface area (Å²) in [5, 5.41) is 4.03. The van der Waals surface area contributed by atoms with Gasteiger partial charge in [0.25, 0.3) is 0 Å². The minimum absolute atomic E-state index is 0.792. The standard InChI is InChI=1S/C6H6N4.C2H6/c1-5-8-4-6-7-2-3-9-10(5)6;1-2/h2-4H,1H3;1-2H3. The molecule has 0 saturated heterocycles. The maximum absolute atomic E-state index is 4.04. The third kappa shape index (κ3) is 1.42. The first-order valence-electron chi connectivity index (χ1n) is 3.99. The summed E-state index contributed by atoms with van der Waals surface area (Å²) in [7, 11) is 0. The maximum Gasteiger partial charge on any atom is 0.173 e. The Bertz CT molecular complexity index is 353. The van der Waals surface area contributed by atoms with Crippen molar-refractivity contribution in [2.24, 2.45) is 0 Å². The largest absolute Gasteiger partial charge is 0.238 e. The lowest BCUT2D eigenvalue weighted by atomic mass is 10.7. The molecule has 4 nitrogen and oxygen atoms in total. The van der Waals surface area contributed by atoms with Gasteiger partial charge in [-0.1, -0.05) is 13.8 Å². The van der Waals surface area contributed by atoms with E-state index >= 15 is 0 Å². The lowest BCUT2D eigenvalue weighted by Crippen LogP contribution is -1.93. The van der Waals surface area contributed by atoms with Crippen LogP contribution < -0.4 is 0 Å². The monoisotopic (exact) mass is 164 g/mol. The summed E-state index contributed by atoms with van der Waals surface area (Å²) in [5.41, 5.74) is 0.792. The van der Waals surface area contributed by atoms with Crippen LogP contribution in [0.5, 0.6) is 0 Å². The lowest BCUT2D eigenvalue weighted by molar-refractivity contribution is 0.857. The van der Waals surface area contributed by atoms with Gasteiger partial charge in [0.05, 0.1) is 12.4 Å².